The molecule has 4 unspecified atom stereocenters. The summed E-state index contributed by atoms with van der Waals surface area (Å²) >= 11 is 0. The van der Waals surface area contributed by atoms with E-state index in [-0.39, 0.29) is 12.1 Å². The third-order valence-electron chi connectivity index (χ3n) is 5.51. The molecule has 3 fully saturated rings. The number of esters is 1. The zero-order valence-corrected chi connectivity index (χ0v) is 11.4. The molecule has 0 spiro atoms. The van der Waals surface area contributed by atoms with Gasteiger partial charge in [0, 0.05) is 5.57 Å². The van der Waals surface area contributed by atoms with Gasteiger partial charge in [0.15, 0.2) is 0 Å². The maximum Gasteiger partial charge on any atom is 0.333 e. The number of hydrogen-bond acceptors (Lipinski definition) is 2. The summed E-state index contributed by atoms with van der Waals surface area (Å²) in [4.78, 5) is 11.7. The SMILES string of the molecule is C=C(C)C(=O)O[C@@H]1CCC2CCCC3CCC1C32. The topological polar surface area (TPSA) is 26.3 Å². The minimum atomic E-state index is -0.183. The molecule has 0 aromatic rings. The Morgan fingerprint density at radius 1 is 1.06 bits per heavy atom. The molecule has 0 aromatic carbocycles. The summed E-state index contributed by atoms with van der Waals surface area (Å²) in [6.45, 7) is 5.43. The van der Waals surface area contributed by atoms with Gasteiger partial charge in [-0.2, -0.15) is 0 Å². The van der Waals surface area contributed by atoms with Gasteiger partial charge in [-0.15, -0.1) is 0 Å². The highest BCUT2D eigenvalue weighted by Gasteiger charge is 2.49. The number of ether oxygens (including phenoxy) is 1. The van der Waals surface area contributed by atoms with Crippen molar-refractivity contribution in [2.45, 2.75) is 58.0 Å². The Balaban J connectivity index is 1.71. The molecule has 0 amide bonds. The molecule has 0 N–H and O–H groups in total. The lowest BCUT2D eigenvalue weighted by molar-refractivity contribution is -0.152. The van der Waals surface area contributed by atoms with E-state index in [0.29, 0.717) is 11.5 Å². The molecule has 5 atom stereocenters. The van der Waals surface area contributed by atoms with Crippen LogP contribution in [0.4, 0.5) is 0 Å². The lowest BCUT2D eigenvalue weighted by atomic mass is 9.64. The Labute approximate surface area is 110 Å². The van der Waals surface area contributed by atoms with Crippen molar-refractivity contribution in [3.8, 4) is 0 Å². The molecule has 18 heavy (non-hydrogen) atoms. The molecule has 0 saturated heterocycles. The molecular weight excluding hydrogens is 224 g/mol. The van der Waals surface area contributed by atoms with E-state index in [9.17, 15) is 4.79 Å². The zero-order valence-electron chi connectivity index (χ0n) is 11.4. The van der Waals surface area contributed by atoms with Gasteiger partial charge in [-0.3, -0.25) is 0 Å². The van der Waals surface area contributed by atoms with Gasteiger partial charge >= 0.3 is 5.97 Å². The highest BCUT2D eigenvalue weighted by atomic mass is 16.5. The van der Waals surface area contributed by atoms with Crippen LogP contribution in [0.1, 0.15) is 51.9 Å². The van der Waals surface area contributed by atoms with Crippen LogP contribution >= 0.6 is 0 Å². The summed E-state index contributed by atoms with van der Waals surface area (Å²) in [6, 6.07) is 0. The predicted molar refractivity (Wildman–Crippen MR) is 71.0 cm³/mol. The summed E-state index contributed by atoms with van der Waals surface area (Å²) < 4.78 is 5.69. The van der Waals surface area contributed by atoms with E-state index in [2.05, 4.69) is 6.58 Å². The van der Waals surface area contributed by atoms with Crippen LogP contribution in [0.15, 0.2) is 12.2 Å². The molecule has 3 saturated carbocycles. The third-order valence-corrected chi connectivity index (χ3v) is 5.51. The van der Waals surface area contributed by atoms with Gasteiger partial charge in [0.2, 0.25) is 0 Å². The van der Waals surface area contributed by atoms with E-state index < -0.39 is 0 Å². The standard InChI is InChI=1S/C16H24O2/c1-10(2)16(17)18-14-9-7-12-5-3-4-11-6-8-13(14)15(11)12/h11-15H,1,3-9H2,2H3/t11?,12?,13?,14-,15?/m1/s1. The number of carbonyl (C=O) groups excluding carboxylic acids is 1. The summed E-state index contributed by atoms with van der Waals surface area (Å²) in [7, 11) is 0. The number of rotatable bonds is 2. The quantitative estimate of drug-likeness (QED) is 0.550. The molecule has 2 nitrogen and oxygen atoms in total. The van der Waals surface area contributed by atoms with Crippen LogP contribution in [0.3, 0.4) is 0 Å². The Morgan fingerprint density at radius 2 is 1.72 bits per heavy atom. The summed E-state index contributed by atoms with van der Waals surface area (Å²) in [6.07, 6.45) is 9.43. The second-order valence-electron chi connectivity index (χ2n) is 6.57. The second-order valence-corrected chi connectivity index (χ2v) is 6.57. The van der Waals surface area contributed by atoms with Crippen molar-refractivity contribution in [2.24, 2.45) is 23.7 Å². The van der Waals surface area contributed by atoms with Crippen LogP contribution in [-0.4, -0.2) is 12.1 Å². The largest absolute Gasteiger partial charge is 0.459 e. The third kappa shape index (κ3) is 2.00. The summed E-state index contributed by atoms with van der Waals surface area (Å²) in [5.74, 6) is 3.18. The Hall–Kier alpha value is -0.790. The van der Waals surface area contributed by atoms with E-state index in [1.54, 1.807) is 6.92 Å². The molecule has 3 aliphatic carbocycles. The van der Waals surface area contributed by atoms with Crippen molar-refractivity contribution >= 4 is 5.97 Å². The van der Waals surface area contributed by atoms with Crippen LogP contribution in [0.25, 0.3) is 0 Å². The van der Waals surface area contributed by atoms with E-state index in [0.717, 1.165) is 24.2 Å². The minimum Gasteiger partial charge on any atom is -0.459 e. The van der Waals surface area contributed by atoms with Crippen molar-refractivity contribution in [3.63, 3.8) is 0 Å². The highest BCUT2D eigenvalue weighted by molar-refractivity contribution is 5.87. The van der Waals surface area contributed by atoms with E-state index in [1.165, 1.54) is 38.5 Å². The normalized spacial score (nSPS) is 42.2. The average Bonchev–Trinajstić information content (AvgIpc) is 2.78. The van der Waals surface area contributed by atoms with Gasteiger partial charge in [0.05, 0.1) is 0 Å². The van der Waals surface area contributed by atoms with E-state index >= 15 is 0 Å². The lowest BCUT2D eigenvalue weighted by Gasteiger charge is -2.44. The first-order chi connectivity index (χ1) is 8.66. The molecule has 0 radical (unpaired) electrons. The first-order valence-electron chi connectivity index (χ1n) is 7.53. The maximum absolute atomic E-state index is 11.7. The molecule has 0 aliphatic heterocycles. The van der Waals surface area contributed by atoms with Crippen LogP contribution in [-0.2, 0) is 9.53 Å². The summed E-state index contributed by atoms with van der Waals surface area (Å²) in [5, 5.41) is 0. The van der Waals surface area contributed by atoms with Gasteiger partial charge in [0.25, 0.3) is 0 Å². The van der Waals surface area contributed by atoms with E-state index in [1.807, 2.05) is 0 Å². The first-order valence-corrected chi connectivity index (χ1v) is 7.53. The van der Waals surface area contributed by atoms with Crippen LogP contribution in [0, 0.1) is 23.7 Å². The predicted octanol–water partition coefficient (Wildman–Crippen LogP) is 3.71. The van der Waals surface area contributed by atoms with Gasteiger partial charge in [-0.05, 0) is 56.3 Å². The number of carbonyl (C=O) groups is 1. The van der Waals surface area contributed by atoms with Crippen molar-refractivity contribution in [1.29, 1.82) is 0 Å². The molecule has 2 heteroatoms. The van der Waals surface area contributed by atoms with Crippen LogP contribution < -0.4 is 0 Å². The van der Waals surface area contributed by atoms with E-state index in [4.69, 9.17) is 4.74 Å². The van der Waals surface area contributed by atoms with Crippen molar-refractivity contribution < 1.29 is 9.53 Å². The fourth-order valence-electron chi connectivity index (χ4n) is 4.79. The van der Waals surface area contributed by atoms with Gasteiger partial charge in [-0.25, -0.2) is 4.79 Å². The van der Waals surface area contributed by atoms with Crippen molar-refractivity contribution in [2.75, 3.05) is 0 Å². The van der Waals surface area contributed by atoms with Gasteiger partial charge < -0.3 is 4.74 Å². The number of hydrogen-bond donors (Lipinski definition) is 0. The zero-order chi connectivity index (χ0) is 12.7. The molecule has 3 aliphatic rings. The van der Waals surface area contributed by atoms with Crippen LogP contribution in [0.2, 0.25) is 0 Å². The maximum atomic E-state index is 11.7. The molecule has 100 valence electrons. The van der Waals surface area contributed by atoms with Gasteiger partial charge in [-0.1, -0.05) is 25.8 Å². The lowest BCUT2D eigenvalue weighted by Crippen LogP contribution is -2.41. The summed E-state index contributed by atoms with van der Waals surface area (Å²) in [5.41, 5.74) is 0.537. The second kappa shape index (κ2) is 4.71. The van der Waals surface area contributed by atoms with Crippen molar-refractivity contribution in [1.82, 2.24) is 0 Å². The minimum absolute atomic E-state index is 0.179. The molecule has 0 heterocycles. The monoisotopic (exact) mass is 248 g/mol. The average molecular weight is 248 g/mol. The highest BCUT2D eigenvalue weighted by Crippen LogP contribution is 2.55. The van der Waals surface area contributed by atoms with Crippen LogP contribution in [0.5, 0.6) is 0 Å². The Morgan fingerprint density at radius 3 is 2.39 bits per heavy atom. The Bertz CT molecular complexity index is 360. The molecule has 0 aromatic heterocycles. The molecule has 0 bridgehead atoms. The van der Waals surface area contributed by atoms with Crippen molar-refractivity contribution in [3.05, 3.63) is 12.2 Å². The molecule has 3 rings (SSSR count). The fraction of sp³-hybridized carbons (Fsp3) is 0.812. The Kier molecular flexibility index (Phi) is 3.21. The molecular formula is C16H24O2. The first kappa shape index (κ1) is 12.3. The fourth-order valence-corrected chi connectivity index (χ4v) is 4.79. The smallest absolute Gasteiger partial charge is 0.333 e. The van der Waals surface area contributed by atoms with Gasteiger partial charge in [0.1, 0.15) is 6.10 Å².